The Morgan fingerprint density at radius 2 is 1.84 bits per heavy atom. The summed E-state index contributed by atoms with van der Waals surface area (Å²) in [6.45, 7) is 5.49. The van der Waals surface area contributed by atoms with Crippen molar-refractivity contribution in [3.63, 3.8) is 0 Å². The summed E-state index contributed by atoms with van der Waals surface area (Å²) < 4.78 is 31.4. The second kappa shape index (κ2) is 13.0. The predicted molar refractivity (Wildman–Crippen MR) is 142 cm³/mol. The van der Waals surface area contributed by atoms with Crippen molar-refractivity contribution in [1.29, 1.82) is 0 Å². The summed E-state index contributed by atoms with van der Waals surface area (Å²) in [4.78, 5) is 15.7. The maximum Gasteiger partial charge on any atom is 0.305 e. The fraction of sp³-hybridized carbons (Fsp3) is 0.552. The van der Waals surface area contributed by atoms with Crippen molar-refractivity contribution >= 4 is 17.3 Å². The van der Waals surface area contributed by atoms with Crippen molar-refractivity contribution in [3.8, 4) is 11.5 Å². The van der Waals surface area contributed by atoms with Crippen LogP contribution in [-0.2, 0) is 9.53 Å². The number of benzene rings is 2. The lowest BCUT2D eigenvalue weighted by atomic mass is 9.99. The minimum absolute atomic E-state index is 0.00256. The minimum atomic E-state index is -0.761. The van der Waals surface area contributed by atoms with Gasteiger partial charge in [0.2, 0.25) is 0 Å². The summed E-state index contributed by atoms with van der Waals surface area (Å²) in [6.07, 6.45) is 4.74. The number of ether oxygens (including phenoxy) is 3. The number of carbonyl (C=O) groups is 1. The van der Waals surface area contributed by atoms with E-state index < -0.39 is 5.97 Å². The zero-order valence-electron chi connectivity index (χ0n) is 21.9. The lowest BCUT2D eigenvalue weighted by molar-refractivity contribution is -0.137. The third-order valence-electron chi connectivity index (χ3n) is 7.35. The topological polar surface area (TPSA) is 71.5 Å². The zero-order chi connectivity index (χ0) is 26.2. The average Bonchev–Trinajstić information content (AvgIpc) is 3.28. The van der Waals surface area contributed by atoms with E-state index in [-0.39, 0.29) is 24.4 Å². The fourth-order valence-electron chi connectivity index (χ4n) is 5.57. The monoisotopic (exact) mass is 514 g/mol. The van der Waals surface area contributed by atoms with Crippen LogP contribution >= 0.6 is 0 Å². The lowest BCUT2D eigenvalue weighted by Crippen LogP contribution is -2.38. The van der Waals surface area contributed by atoms with E-state index in [1.165, 1.54) is 6.07 Å². The molecule has 0 bridgehead atoms. The molecule has 4 rings (SSSR count). The van der Waals surface area contributed by atoms with Gasteiger partial charge in [0, 0.05) is 64.0 Å². The maximum atomic E-state index is 14.4. The SMILES string of the molecule is CCOc1ccc(F)c(N2CCC(Oc3ccc(N4CC(CCCOC)C[C@@H]4CC(=O)O)cc3)CC2)c1. The maximum absolute atomic E-state index is 14.4. The van der Waals surface area contributed by atoms with E-state index in [4.69, 9.17) is 14.2 Å². The van der Waals surface area contributed by atoms with Gasteiger partial charge in [-0.1, -0.05) is 0 Å². The van der Waals surface area contributed by atoms with Crippen LogP contribution in [0.5, 0.6) is 11.5 Å². The molecule has 1 unspecified atom stereocenters. The van der Waals surface area contributed by atoms with Crippen LogP contribution in [0, 0.1) is 11.7 Å². The molecular weight excluding hydrogens is 475 g/mol. The number of aliphatic carboxylic acids is 1. The highest BCUT2D eigenvalue weighted by molar-refractivity contribution is 5.69. The van der Waals surface area contributed by atoms with E-state index in [2.05, 4.69) is 9.80 Å². The van der Waals surface area contributed by atoms with Gasteiger partial charge in [0.05, 0.1) is 18.7 Å². The molecule has 202 valence electrons. The largest absolute Gasteiger partial charge is 0.494 e. The first-order valence-electron chi connectivity index (χ1n) is 13.4. The van der Waals surface area contributed by atoms with Crippen LogP contribution in [0.3, 0.4) is 0 Å². The smallest absolute Gasteiger partial charge is 0.305 e. The van der Waals surface area contributed by atoms with Crippen molar-refractivity contribution in [3.05, 3.63) is 48.3 Å². The number of hydrogen-bond acceptors (Lipinski definition) is 6. The molecule has 2 fully saturated rings. The molecule has 0 amide bonds. The standard InChI is InChI=1S/C29H39FN2O5/c1-3-36-26-10-11-27(30)28(19-26)31-14-12-25(13-15-31)37-24-8-6-22(7-9-24)32-20-21(5-4-16-35-2)17-23(32)18-29(33)34/h6-11,19,21,23,25H,3-5,12-18,20H2,1-2H3,(H,33,34)/t21?,23-/m1/s1. The molecule has 2 aromatic rings. The number of nitrogens with zero attached hydrogens (tertiary/aromatic N) is 2. The van der Waals surface area contributed by atoms with Crippen LogP contribution in [0.4, 0.5) is 15.8 Å². The van der Waals surface area contributed by atoms with Gasteiger partial charge in [-0.2, -0.15) is 0 Å². The Bertz CT molecular complexity index is 1010. The Balaban J connectivity index is 1.32. The summed E-state index contributed by atoms with van der Waals surface area (Å²) in [5, 5.41) is 9.41. The van der Waals surface area contributed by atoms with Gasteiger partial charge in [-0.3, -0.25) is 4.79 Å². The zero-order valence-corrected chi connectivity index (χ0v) is 21.9. The lowest BCUT2D eigenvalue weighted by Gasteiger charge is -2.34. The Kier molecular flexibility index (Phi) is 9.50. The molecule has 2 aromatic carbocycles. The van der Waals surface area contributed by atoms with Crippen molar-refractivity contribution in [1.82, 2.24) is 0 Å². The highest BCUT2D eigenvalue weighted by Crippen LogP contribution is 2.35. The van der Waals surface area contributed by atoms with Gasteiger partial charge in [0.25, 0.3) is 0 Å². The van der Waals surface area contributed by atoms with Crippen LogP contribution in [0.25, 0.3) is 0 Å². The van der Waals surface area contributed by atoms with Crippen molar-refractivity contribution < 1.29 is 28.5 Å². The third-order valence-corrected chi connectivity index (χ3v) is 7.35. The minimum Gasteiger partial charge on any atom is -0.494 e. The van der Waals surface area contributed by atoms with Gasteiger partial charge < -0.3 is 29.1 Å². The summed E-state index contributed by atoms with van der Waals surface area (Å²) >= 11 is 0. The molecule has 7 nitrogen and oxygen atoms in total. The van der Waals surface area contributed by atoms with E-state index in [0.29, 0.717) is 37.1 Å². The summed E-state index contributed by atoms with van der Waals surface area (Å²) in [5.41, 5.74) is 1.61. The van der Waals surface area contributed by atoms with Crippen LogP contribution in [0.1, 0.15) is 45.4 Å². The Labute approximate surface area is 219 Å². The van der Waals surface area contributed by atoms with Gasteiger partial charge in [-0.15, -0.1) is 0 Å². The molecule has 2 heterocycles. The first kappa shape index (κ1) is 27.0. The molecule has 37 heavy (non-hydrogen) atoms. The molecule has 2 aliphatic rings. The van der Waals surface area contributed by atoms with E-state index in [0.717, 1.165) is 56.7 Å². The van der Waals surface area contributed by atoms with Crippen LogP contribution in [-0.4, -0.2) is 63.2 Å². The van der Waals surface area contributed by atoms with Crippen molar-refractivity contribution in [2.24, 2.45) is 5.92 Å². The second-order valence-electron chi connectivity index (χ2n) is 9.99. The average molecular weight is 515 g/mol. The molecule has 0 spiro atoms. The number of anilines is 2. The van der Waals surface area contributed by atoms with Crippen LogP contribution < -0.4 is 19.3 Å². The highest BCUT2D eigenvalue weighted by atomic mass is 19.1. The highest BCUT2D eigenvalue weighted by Gasteiger charge is 2.33. The fourth-order valence-corrected chi connectivity index (χ4v) is 5.57. The van der Waals surface area contributed by atoms with Crippen molar-refractivity contribution in [2.75, 3.05) is 49.8 Å². The Morgan fingerprint density at radius 3 is 2.51 bits per heavy atom. The summed E-state index contributed by atoms with van der Waals surface area (Å²) in [5.74, 6) is 0.963. The molecule has 2 atom stereocenters. The molecule has 0 aromatic heterocycles. The Hall–Kier alpha value is -3.00. The number of halogens is 1. The number of carboxylic acid groups (broad SMARTS) is 1. The van der Waals surface area contributed by atoms with Crippen LogP contribution in [0.2, 0.25) is 0 Å². The van der Waals surface area contributed by atoms with Gasteiger partial charge >= 0.3 is 5.97 Å². The Morgan fingerprint density at radius 1 is 1.11 bits per heavy atom. The first-order valence-corrected chi connectivity index (χ1v) is 13.4. The van der Waals surface area contributed by atoms with Gasteiger partial charge in [-0.25, -0.2) is 4.39 Å². The van der Waals surface area contributed by atoms with E-state index in [1.54, 1.807) is 19.2 Å². The normalized spacial score (nSPS) is 20.3. The first-order chi connectivity index (χ1) is 18.0. The van der Waals surface area contributed by atoms with Crippen molar-refractivity contribution in [2.45, 2.75) is 57.6 Å². The summed E-state index contributed by atoms with van der Waals surface area (Å²) in [7, 11) is 1.71. The van der Waals surface area contributed by atoms with Gasteiger partial charge in [-0.05, 0) is 68.5 Å². The molecule has 8 heteroatoms. The molecule has 0 radical (unpaired) electrons. The van der Waals surface area contributed by atoms with E-state index >= 15 is 0 Å². The van der Waals surface area contributed by atoms with Gasteiger partial charge in [0.15, 0.2) is 0 Å². The molecular formula is C29H39FN2O5. The third kappa shape index (κ3) is 7.28. The summed E-state index contributed by atoms with van der Waals surface area (Å²) in [6, 6.07) is 12.9. The van der Waals surface area contributed by atoms with E-state index in [9.17, 15) is 14.3 Å². The second-order valence-corrected chi connectivity index (χ2v) is 9.99. The quantitative estimate of drug-likeness (QED) is 0.382. The van der Waals surface area contributed by atoms with E-state index in [1.807, 2.05) is 31.2 Å². The predicted octanol–water partition coefficient (Wildman–Crippen LogP) is 5.37. The molecule has 0 aliphatic carbocycles. The number of hydrogen-bond donors (Lipinski definition) is 1. The number of rotatable bonds is 12. The molecule has 1 N–H and O–H groups in total. The molecule has 2 aliphatic heterocycles. The van der Waals surface area contributed by atoms with Gasteiger partial charge in [0.1, 0.15) is 23.4 Å². The number of methoxy groups -OCH3 is 1. The van der Waals surface area contributed by atoms with Crippen LogP contribution in [0.15, 0.2) is 42.5 Å². The number of piperidine rings is 1. The molecule has 2 saturated heterocycles. The number of carboxylic acids is 1. The molecule has 0 saturated carbocycles.